The van der Waals surface area contributed by atoms with Crippen LogP contribution >= 0.6 is 0 Å². The minimum Gasteiger partial charge on any atom is -0.490 e. The van der Waals surface area contributed by atoms with E-state index in [9.17, 15) is 14.4 Å². The average molecular weight is 425 g/mol. The molecule has 8 heteroatoms. The number of amides is 4. The van der Waals surface area contributed by atoms with Crippen molar-refractivity contribution in [1.82, 2.24) is 4.90 Å². The highest BCUT2D eigenvalue weighted by Gasteiger charge is 2.35. The Hall–Kier alpha value is -3.55. The number of imide groups is 1. The van der Waals surface area contributed by atoms with Crippen molar-refractivity contribution in [2.75, 3.05) is 30.4 Å². The van der Waals surface area contributed by atoms with Crippen LogP contribution in [0.25, 0.3) is 0 Å². The van der Waals surface area contributed by atoms with E-state index in [2.05, 4.69) is 10.6 Å². The molecule has 31 heavy (non-hydrogen) atoms. The summed E-state index contributed by atoms with van der Waals surface area (Å²) < 4.78 is 11.1. The van der Waals surface area contributed by atoms with Crippen LogP contribution in [0.3, 0.4) is 0 Å². The summed E-state index contributed by atoms with van der Waals surface area (Å²) in [6.07, 6.45) is 0. The van der Waals surface area contributed by atoms with Gasteiger partial charge in [0.15, 0.2) is 11.5 Å². The van der Waals surface area contributed by atoms with Crippen molar-refractivity contribution in [3.8, 4) is 11.5 Å². The van der Waals surface area contributed by atoms with E-state index in [-0.39, 0.29) is 17.7 Å². The Morgan fingerprint density at radius 1 is 0.871 bits per heavy atom. The number of ether oxygens (including phenoxy) is 2. The summed E-state index contributed by atoms with van der Waals surface area (Å²) in [5.41, 5.74) is 1.59. The van der Waals surface area contributed by atoms with Gasteiger partial charge in [-0.25, -0.2) is 4.79 Å². The molecule has 0 bridgehead atoms. The van der Waals surface area contributed by atoms with Crippen LogP contribution in [0, 0.1) is 5.92 Å². The molecule has 2 aromatic carbocycles. The highest BCUT2D eigenvalue weighted by atomic mass is 16.5. The number of benzene rings is 2. The van der Waals surface area contributed by atoms with Crippen molar-refractivity contribution >= 4 is 29.2 Å². The largest absolute Gasteiger partial charge is 0.490 e. The quantitative estimate of drug-likeness (QED) is 0.612. The zero-order valence-corrected chi connectivity index (χ0v) is 18.2. The van der Waals surface area contributed by atoms with Gasteiger partial charge in [-0.05, 0) is 50.1 Å². The molecule has 2 aromatic rings. The maximum Gasteiger partial charge on any atom is 0.323 e. The van der Waals surface area contributed by atoms with E-state index in [0.717, 1.165) is 0 Å². The number of anilines is 2. The van der Waals surface area contributed by atoms with Crippen LogP contribution in [-0.4, -0.2) is 42.5 Å². The van der Waals surface area contributed by atoms with Gasteiger partial charge in [0.1, 0.15) is 0 Å². The lowest BCUT2D eigenvalue weighted by Crippen LogP contribution is -2.33. The molecule has 1 aliphatic heterocycles. The molecule has 164 valence electrons. The monoisotopic (exact) mass is 425 g/mol. The molecular weight excluding hydrogens is 398 g/mol. The first kappa shape index (κ1) is 22.1. The van der Waals surface area contributed by atoms with E-state index in [4.69, 9.17) is 9.47 Å². The second-order valence-corrected chi connectivity index (χ2v) is 7.48. The average Bonchev–Trinajstić information content (AvgIpc) is 2.94. The topological polar surface area (TPSA) is 97.0 Å². The van der Waals surface area contributed by atoms with Gasteiger partial charge in [-0.1, -0.05) is 13.8 Å². The molecule has 4 amide bonds. The number of carbonyl (C=O) groups is 3. The molecule has 0 aromatic heterocycles. The number of fused-ring (bicyclic) bond motifs is 1. The maximum atomic E-state index is 12.6. The van der Waals surface area contributed by atoms with E-state index in [1.54, 1.807) is 30.3 Å². The summed E-state index contributed by atoms with van der Waals surface area (Å²) in [6, 6.07) is 9.33. The van der Waals surface area contributed by atoms with Crippen LogP contribution in [0.1, 0.15) is 48.4 Å². The highest BCUT2D eigenvalue weighted by Crippen LogP contribution is 2.31. The van der Waals surface area contributed by atoms with Crippen LogP contribution in [0.2, 0.25) is 0 Å². The van der Waals surface area contributed by atoms with Gasteiger partial charge in [-0.3, -0.25) is 14.5 Å². The predicted octanol–water partition coefficient (Wildman–Crippen LogP) is 4.38. The standard InChI is InChI=1S/C23H27N3O5/c1-5-30-19-10-8-16(12-20(19)31-6-2)25-23(29)24-15-7-9-17-18(11-15)22(28)26(21(17)27)13-14(3)4/h7-12,14H,5-6,13H2,1-4H3,(H2,24,25,29). The lowest BCUT2D eigenvalue weighted by atomic mass is 10.1. The highest BCUT2D eigenvalue weighted by molar-refractivity contribution is 6.22. The third kappa shape index (κ3) is 4.96. The summed E-state index contributed by atoms with van der Waals surface area (Å²) in [5.74, 6) is 0.659. The normalized spacial score (nSPS) is 12.7. The predicted molar refractivity (Wildman–Crippen MR) is 118 cm³/mol. The number of hydrogen-bond acceptors (Lipinski definition) is 5. The lowest BCUT2D eigenvalue weighted by Gasteiger charge is -2.15. The van der Waals surface area contributed by atoms with Crippen molar-refractivity contribution in [2.45, 2.75) is 27.7 Å². The summed E-state index contributed by atoms with van der Waals surface area (Å²) in [7, 11) is 0. The Kier molecular flexibility index (Phi) is 6.79. The van der Waals surface area contributed by atoms with Crippen molar-refractivity contribution in [3.63, 3.8) is 0 Å². The number of carbonyl (C=O) groups excluding carboxylic acids is 3. The fourth-order valence-corrected chi connectivity index (χ4v) is 3.32. The minimum absolute atomic E-state index is 0.168. The van der Waals surface area contributed by atoms with E-state index >= 15 is 0 Å². The molecule has 0 radical (unpaired) electrons. The molecule has 0 spiro atoms. The van der Waals surface area contributed by atoms with Crippen molar-refractivity contribution in [3.05, 3.63) is 47.5 Å². The molecule has 8 nitrogen and oxygen atoms in total. The summed E-state index contributed by atoms with van der Waals surface area (Å²) in [5, 5.41) is 5.43. The Morgan fingerprint density at radius 3 is 2.10 bits per heavy atom. The third-order valence-electron chi connectivity index (χ3n) is 4.58. The van der Waals surface area contributed by atoms with Crippen LogP contribution in [0.5, 0.6) is 11.5 Å². The molecular formula is C23H27N3O5. The fourth-order valence-electron chi connectivity index (χ4n) is 3.32. The number of rotatable bonds is 8. The minimum atomic E-state index is -0.484. The number of nitrogens with zero attached hydrogens (tertiary/aromatic N) is 1. The van der Waals surface area contributed by atoms with E-state index < -0.39 is 6.03 Å². The second-order valence-electron chi connectivity index (χ2n) is 7.48. The molecule has 0 fully saturated rings. The first-order chi connectivity index (χ1) is 14.8. The molecule has 2 N–H and O–H groups in total. The molecule has 0 saturated heterocycles. The van der Waals surface area contributed by atoms with Crippen molar-refractivity contribution in [2.24, 2.45) is 5.92 Å². The fraction of sp³-hybridized carbons (Fsp3) is 0.348. The van der Waals surface area contributed by atoms with Crippen LogP contribution in [-0.2, 0) is 0 Å². The maximum absolute atomic E-state index is 12.6. The van der Waals surface area contributed by atoms with E-state index in [0.29, 0.717) is 53.8 Å². The third-order valence-corrected chi connectivity index (χ3v) is 4.58. The van der Waals surface area contributed by atoms with E-state index in [1.807, 2.05) is 27.7 Å². The van der Waals surface area contributed by atoms with Crippen molar-refractivity contribution < 1.29 is 23.9 Å². The summed E-state index contributed by atoms with van der Waals surface area (Å²) >= 11 is 0. The summed E-state index contributed by atoms with van der Waals surface area (Å²) in [6.45, 7) is 8.96. The number of nitrogens with one attached hydrogen (secondary N) is 2. The van der Waals surface area contributed by atoms with Crippen molar-refractivity contribution in [1.29, 1.82) is 0 Å². The molecule has 3 rings (SSSR count). The van der Waals surface area contributed by atoms with Gasteiger partial charge in [0.2, 0.25) is 0 Å². The molecule has 1 aliphatic rings. The second kappa shape index (κ2) is 9.51. The zero-order chi connectivity index (χ0) is 22.5. The Bertz CT molecular complexity index is 1000. The molecule has 0 saturated carbocycles. The van der Waals surface area contributed by atoms with Gasteiger partial charge in [0.05, 0.1) is 24.3 Å². The SMILES string of the molecule is CCOc1ccc(NC(=O)Nc2ccc3c(c2)C(=O)N(CC(C)C)C3=O)cc1OCC. The van der Waals surface area contributed by atoms with Gasteiger partial charge in [0, 0.05) is 24.0 Å². The van der Waals surface area contributed by atoms with Gasteiger partial charge >= 0.3 is 6.03 Å². The zero-order valence-electron chi connectivity index (χ0n) is 18.2. The van der Waals surface area contributed by atoms with Gasteiger partial charge in [-0.2, -0.15) is 0 Å². The number of urea groups is 1. The van der Waals surface area contributed by atoms with Gasteiger partial charge < -0.3 is 20.1 Å². The Balaban J connectivity index is 1.71. The number of hydrogen-bond donors (Lipinski definition) is 2. The Labute approximate surface area is 181 Å². The molecule has 0 aliphatic carbocycles. The van der Waals surface area contributed by atoms with Crippen LogP contribution in [0.15, 0.2) is 36.4 Å². The van der Waals surface area contributed by atoms with Crippen LogP contribution < -0.4 is 20.1 Å². The molecule has 1 heterocycles. The first-order valence-electron chi connectivity index (χ1n) is 10.3. The molecule has 0 unspecified atom stereocenters. The first-order valence-corrected chi connectivity index (χ1v) is 10.3. The summed E-state index contributed by atoms with van der Waals surface area (Å²) in [4.78, 5) is 38.8. The molecule has 0 atom stereocenters. The van der Waals surface area contributed by atoms with Gasteiger partial charge in [0.25, 0.3) is 11.8 Å². The van der Waals surface area contributed by atoms with E-state index in [1.165, 1.54) is 11.0 Å². The van der Waals surface area contributed by atoms with Gasteiger partial charge in [-0.15, -0.1) is 0 Å². The van der Waals surface area contributed by atoms with Crippen LogP contribution in [0.4, 0.5) is 16.2 Å². The smallest absolute Gasteiger partial charge is 0.323 e. The lowest BCUT2D eigenvalue weighted by molar-refractivity contribution is 0.0636. The Morgan fingerprint density at radius 2 is 1.45 bits per heavy atom.